The first-order valence-electron chi connectivity index (χ1n) is 11.3. The van der Waals surface area contributed by atoms with Crippen molar-refractivity contribution in [1.29, 1.82) is 0 Å². The lowest BCUT2D eigenvalue weighted by Gasteiger charge is -2.18. The van der Waals surface area contributed by atoms with Gasteiger partial charge in [-0.05, 0) is 19.5 Å². The average molecular weight is 426 g/mol. The molecule has 6 nitrogen and oxygen atoms in total. The monoisotopic (exact) mass is 425 g/mol. The maximum absolute atomic E-state index is 9.33. The maximum atomic E-state index is 9.33. The summed E-state index contributed by atoms with van der Waals surface area (Å²) in [6, 6.07) is 0. The molecule has 0 rings (SSSR count). The van der Waals surface area contributed by atoms with Crippen molar-refractivity contribution >= 4 is 10.4 Å². The van der Waals surface area contributed by atoms with E-state index in [2.05, 4.69) is 22.9 Å². The van der Waals surface area contributed by atoms with Crippen molar-refractivity contribution in [2.75, 3.05) is 33.4 Å². The van der Waals surface area contributed by atoms with Crippen LogP contribution in [0.2, 0.25) is 0 Å². The van der Waals surface area contributed by atoms with Crippen LogP contribution in [0.4, 0.5) is 0 Å². The molecule has 0 atom stereocenters. The smallest absolute Gasteiger partial charge is 0.395 e. The standard InChI is InChI=1S/C20H43NO.CH4O4S/c1-3-5-6-7-8-9-10-11-12-13-14-15-16-17-18-21(4-2)19-20-22;1-5-6(2,3)4/h22H,3-20H2,1-2H3;1H3,(H,2,3,4). The first kappa shape index (κ1) is 30.0. The summed E-state index contributed by atoms with van der Waals surface area (Å²) < 4.78 is 29.7. The number of rotatable bonds is 19. The van der Waals surface area contributed by atoms with E-state index in [1.807, 2.05) is 0 Å². The highest BCUT2D eigenvalue weighted by molar-refractivity contribution is 7.80. The Balaban J connectivity index is 0. The van der Waals surface area contributed by atoms with E-state index in [0.717, 1.165) is 26.7 Å². The van der Waals surface area contributed by atoms with Gasteiger partial charge in [0, 0.05) is 6.54 Å². The second-order valence-corrected chi connectivity index (χ2v) is 8.54. The SMILES string of the molecule is CCCCCCCCCCCCCCCCN(CC)CCO.COS(=O)(=O)O. The zero-order valence-electron chi connectivity index (χ0n) is 18.7. The van der Waals surface area contributed by atoms with Gasteiger partial charge in [0.1, 0.15) is 0 Å². The molecule has 0 aliphatic carbocycles. The third-order valence-electron chi connectivity index (χ3n) is 4.90. The molecule has 172 valence electrons. The van der Waals surface area contributed by atoms with Crippen molar-refractivity contribution in [2.24, 2.45) is 0 Å². The van der Waals surface area contributed by atoms with E-state index in [9.17, 15) is 8.42 Å². The Bertz CT molecular complexity index is 390. The number of hydrogen-bond acceptors (Lipinski definition) is 5. The number of aliphatic hydroxyl groups is 1. The van der Waals surface area contributed by atoms with Crippen LogP contribution in [-0.2, 0) is 14.6 Å². The molecule has 0 aromatic carbocycles. The van der Waals surface area contributed by atoms with Crippen LogP contribution >= 0.6 is 0 Å². The van der Waals surface area contributed by atoms with Crippen LogP contribution in [-0.4, -0.2) is 56.3 Å². The van der Waals surface area contributed by atoms with Gasteiger partial charge in [-0.15, -0.1) is 0 Å². The molecule has 0 unspecified atom stereocenters. The van der Waals surface area contributed by atoms with Crippen LogP contribution in [0.5, 0.6) is 0 Å². The lowest BCUT2D eigenvalue weighted by molar-refractivity contribution is 0.199. The fourth-order valence-corrected chi connectivity index (χ4v) is 3.10. The molecule has 0 spiro atoms. The molecule has 0 fully saturated rings. The van der Waals surface area contributed by atoms with Gasteiger partial charge in [-0.1, -0.05) is 97.3 Å². The Morgan fingerprint density at radius 3 is 1.36 bits per heavy atom. The fraction of sp³-hybridized carbons (Fsp3) is 1.00. The van der Waals surface area contributed by atoms with Crippen LogP contribution in [0.15, 0.2) is 0 Å². The molecule has 2 N–H and O–H groups in total. The molecule has 0 saturated heterocycles. The van der Waals surface area contributed by atoms with Crippen molar-refractivity contribution in [3.8, 4) is 0 Å². The first-order chi connectivity index (χ1) is 13.4. The maximum Gasteiger partial charge on any atom is 0.397 e. The van der Waals surface area contributed by atoms with Crippen molar-refractivity contribution in [1.82, 2.24) is 4.90 Å². The zero-order valence-corrected chi connectivity index (χ0v) is 19.5. The Kier molecular flexibility index (Phi) is 24.7. The summed E-state index contributed by atoms with van der Waals surface area (Å²) in [7, 11) is -3.29. The second-order valence-electron chi connectivity index (χ2n) is 7.35. The number of nitrogens with zero attached hydrogens (tertiary/aromatic N) is 1. The molecule has 0 bridgehead atoms. The number of hydrogen-bond donors (Lipinski definition) is 2. The molecular weight excluding hydrogens is 378 g/mol. The highest BCUT2D eigenvalue weighted by Crippen LogP contribution is 2.13. The van der Waals surface area contributed by atoms with Gasteiger partial charge in [0.15, 0.2) is 0 Å². The van der Waals surface area contributed by atoms with E-state index in [-0.39, 0.29) is 0 Å². The molecule has 0 aliphatic rings. The van der Waals surface area contributed by atoms with Gasteiger partial charge in [0.05, 0.1) is 13.7 Å². The summed E-state index contributed by atoms with van der Waals surface area (Å²) in [5.41, 5.74) is 0. The van der Waals surface area contributed by atoms with Gasteiger partial charge in [-0.25, -0.2) is 0 Å². The van der Waals surface area contributed by atoms with Crippen molar-refractivity contribution in [3.63, 3.8) is 0 Å². The Labute approximate surface area is 175 Å². The van der Waals surface area contributed by atoms with Gasteiger partial charge in [0.2, 0.25) is 0 Å². The Hall–Kier alpha value is -0.210. The Morgan fingerprint density at radius 1 is 0.714 bits per heavy atom. The summed E-state index contributed by atoms with van der Waals surface area (Å²) in [4.78, 5) is 2.35. The molecule has 0 aromatic heterocycles. The van der Waals surface area contributed by atoms with Crippen LogP contribution in [0, 0.1) is 0 Å². The minimum absolute atomic E-state index is 0.298. The van der Waals surface area contributed by atoms with Crippen molar-refractivity contribution < 1.29 is 22.3 Å². The van der Waals surface area contributed by atoms with Crippen LogP contribution in [0.3, 0.4) is 0 Å². The Morgan fingerprint density at radius 2 is 1.07 bits per heavy atom. The highest BCUT2D eigenvalue weighted by Gasteiger charge is 2.00. The molecule has 28 heavy (non-hydrogen) atoms. The molecular formula is C21H47NO5S. The third kappa shape index (κ3) is 28.0. The third-order valence-corrected chi connectivity index (χ3v) is 5.32. The molecule has 0 heterocycles. The molecule has 0 aromatic rings. The van der Waals surface area contributed by atoms with Crippen LogP contribution < -0.4 is 0 Å². The van der Waals surface area contributed by atoms with E-state index in [1.165, 1.54) is 89.9 Å². The van der Waals surface area contributed by atoms with Gasteiger partial charge in [0.25, 0.3) is 0 Å². The predicted molar refractivity (Wildman–Crippen MR) is 118 cm³/mol. The largest absolute Gasteiger partial charge is 0.397 e. The summed E-state index contributed by atoms with van der Waals surface area (Å²) in [5, 5.41) is 8.94. The summed E-state index contributed by atoms with van der Waals surface area (Å²) >= 11 is 0. The van der Waals surface area contributed by atoms with Crippen LogP contribution in [0.1, 0.15) is 104 Å². The van der Waals surface area contributed by atoms with E-state index in [1.54, 1.807) is 0 Å². The summed E-state index contributed by atoms with van der Waals surface area (Å²) in [5.74, 6) is 0. The average Bonchev–Trinajstić information content (AvgIpc) is 2.67. The lowest BCUT2D eigenvalue weighted by Crippen LogP contribution is -2.27. The number of aliphatic hydroxyl groups excluding tert-OH is 1. The van der Waals surface area contributed by atoms with Crippen molar-refractivity contribution in [2.45, 2.75) is 104 Å². The molecule has 0 amide bonds. The first-order valence-corrected chi connectivity index (χ1v) is 12.6. The lowest BCUT2D eigenvalue weighted by atomic mass is 10.0. The molecule has 0 saturated carbocycles. The number of likely N-dealkylation sites (N-methyl/N-ethyl adjacent to an activating group) is 1. The molecule has 0 radical (unpaired) electrons. The van der Waals surface area contributed by atoms with E-state index in [4.69, 9.17) is 9.66 Å². The van der Waals surface area contributed by atoms with Gasteiger partial charge < -0.3 is 10.0 Å². The van der Waals surface area contributed by atoms with E-state index >= 15 is 0 Å². The van der Waals surface area contributed by atoms with Gasteiger partial charge in [-0.2, -0.15) is 8.42 Å². The summed E-state index contributed by atoms with van der Waals surface area (Å²) in [6.45, 7) is 7.84. The second kappa shape index (κ2) is 23.1. The van der Waals surface area contributed by atoms with Crippen molar-refractivity contribution in [3.05, 3.63) is 0 Å². The minimum atomic E-state index is -4.16. The summed E-state index contributed by atoms with van der Waals surface area (Å²) in [6.07, 6.45) is 19.9. The molecule has 0 aliphatic heterocycles. The predicted octanol–water partition coefficient (Wildman–Crippen LogP) is 5.22. The minimum Gasteiger partial charge on any atom is -0.395 e. The van der Waals surface area contributed by atoms with E-state index in [0.29, 0.717) is 6.61 Å². The number of unbranched alkanes of at least 4 members (excludes halogenated alkanes) is 13. The topological polar surface area (TPSA) is 87.1 Å². The van der Waals surface area contributed by atoms with E-state index < -0.39 is 10.4 Å². The zero-order chi connectivity index (χ0) is 21.5. The highest BCUT2D eigenvalue weighted by atomic mass is 32.3. The quantitative estimate of drug-likeness (QED) is 0.218. The fourth-order valence-electron chi connectivity index (χ4n) is 3.10. The normalized spacial score (nSPS) is 11.5. The molecule has 7 heteroatoms. The van der Waals surface area contributed by atoms with Gasteiger partial charge >= 0.3 is 10.4 Å². The van der Waals surface area contributed by atoms with Crippen LogP contribution in [0.25, 0.3) is 0 Å². The van der Waals surface area contributed by atoms with Gasteiger partial charge in [-0.3, -0.25) is 8.74 Å².